The van der Waals surface area contributed by atoms with Crippen molar-refractivity contribution in [3.05, 3.63) is 63.6 Å². The van der Waals surface area contributed by atoms with E-state index in [2.05, 4.69) is 10.2 Å². The number of amides is 2. The van der Waals surface area contributed by atoms with Crippen LogP contribution in [-0.2, 0) is 0 Å². The summed E-state index contributed by atoms with van der Waals surface area (Å²) in [6, 6.07) is 12.6. The molecule has 154 valence electrons. The summed E-state index contributed by atoms with van der Waals surface area (Å²) >= 11 is 12.0. The summed E-state index contributed by atoms with van der Waals surface area (Å²) in [7, 11) is 1.81. The number of nitrogens with one attached hydrogen (secondary N) is 1. The molecule has 3 rings (SSSR count). The highest BCUT2D eigenvalue weighted by Crippen LogP contribution is 2.26. The van der Waals surface area contributed by atoms with E-state index in [1.165, 1.54) is 0 Å². The fourth-order valence-corrected chi connectivity index (χ4v) is 3.98. The van der Waals surface area contributed by atoms with Crippen molar-refractivity contribution in [1.29, 1.82) is 0 Å². The number of halogens is 2. The van der Waals surface area contributed by atoms with Gasteiger partial charge >= 0.3 is 0 Å². The molecule has 2 amide bonds. The molecule has 2 aromatic rings. The number of carbonyl (C=O) groups is 2. The fraction of sp³-hybridized carbons (Fsp3) is 0.364. The first-order chi connectivity index (χ1) is 13.9. The lowest BCUT2D eigenvalue weighted by Gasteiger charge is -2.35. The SMILES string of the molecule is CCN(C)C(=O)c1ccccc1N1CCC(NC(=O)c2ccc(Cl)cc2Cl)CC1. The first-order valence-electron chi connectivity index (χ1n) is 9.76. The molecule has 0 radical (unpaired) electrons. The van der Waals surface area contributed by atoms with Gasteiger partial charge in [-0.3, -0.25) is 9.59 Å². The van der Waals surface area contributed by atoms with Crippen LogP contribution in [0.2, 0.25) is 10.0 Å². The van der Waals surface area contributed by atoms with E-state index in [1.807, 2.05) is 38.2 Å². The summed E-state index contributed by atoms with van der Waals surface area (Å²) in [5.41, 5.74) is 2.09. The van der Waals surface area contributed by atoms with Gasteiger partial charge in [0.15, 0.2) is 0 Å². The normalized spacial score (nSPS) is 14.6. The summed E-state index contributed by atoms with van der Waals surface area (Å²) in [6.45, 7) is 4.15. The molecule has 5 nitrogen and oxygen atoms in total. The minimum Gasteiger partial charge on any atom is -0.371 e. The van der Waals surface area contributed by atoms with E-state index >= 15 is 0 Å². The molecule has 1 N–H and O–H groups in total. The van der Waals surface area contributed by atoms with Crippen LogP contribution in [0.15, 0.2) is 42.5 Å². The van der Waals surface area contributed by atoms with Gasteiger partial charge in [0, 0.05) is 43.4 Å². The summed E-state index contributed by atoms with van der Waals surface area (Å²) in [6.07, 6.45) is 1.59. The Kier molecular flexibility index (Phi) is 7.04. The second kappa shape index (κ2) is 9.51. The molecule has 1 fully saturated rings. The first kappa shape index (κ1) is 21.5. The van der Waals surface area contributed by atoms with Crippen LogP contribution in [0.25, 0.3) is 0 Å². The van der Waals surface area contributed by atoms with Gasteiger partial charge in [0.1, 0.15) is 0 Å². The van der Waals surface area contributed by atoms with Gasteiger partial charge in [-0.25, -0.2) is 0 Å². The molecule has 0 saturated carbocycles. The van der Waals surface area contributed by atoms with Gasteiger partial charge in [-0.1, -0.05) is 35.3 Å². The number of hydrogen-bond acceptors (Lipinski definition) is 3. The summed E-state index contributed by atoms with van der Waals surface area (Å²) in [4.78, 5) is 29.2. The van der Waals surface area contributed by atoms with Crippen molar-refractivity contribution in [3.63, 3.8) is 0 Å². The highest BCUT2D eigenvalue weighted by molar-refractivity contribution is 6.36. The Labute approximate surface area is 181 Å². The van der Waals surface area contributed by atoms with E-state index in [0.29, 0.717) is 27.7 Å². The molecule has 0 aliphatic carbocycles. The van der Waals surface area contributed by atoms with Crippen molar-refractivity contribution < 1.29 is 9.59 Å². The molecule has 0 aromatic heterocycles. The van der Waals surface area contributed by atoms with Gasteiger partial charge in [-0.15, -0.1) is 0 Å². The molecule has 1 aliphatic rings. The molecular weight excluding hydrogens is 409 g/mol. The van der Waals surface area contributed by atoms with Gasteiger partial charge < -0.3 is 15.1 Å². The molecule has 0 bridgehead atoms. The lowest BCUT2D eigenvalue weighted by atomic mass is 10.0. The minimum atomic E-state index is -0.190. The standard InChI is InChI=1S/C22H25Cl2N3O2/c1-3-26(2)22(29)18-6-4-5-7-20(18)27-12-10-16(11-13-27)25-21(28)17-9-8-15(23)14-19(17)24/h4-9,14,16H,3,10-13H2,1-2H3,(H,25,28). The molecule has 1 aliphatic heterocycles. The zero-order chi connectivity index (χ0) is 21.0. The van der Waals surface area contributed by atoms with Crippen molar-refractivity contribution in [2.45, 2.75) is 25.8 Å². The topological polar surface area (TPSA) is 52.7 Å². The molecule has 1 heterocycles. The maximum Gasteiger partial charge on any atom is 0.255 e. The van der Waals surface area contributed by atoms with Crippen LogP contribution in [0, 0.1) is 0 Å². The highest BCUT2D eigenvalue weighted by Gasteiger charge is 2.25. The predicted octanol–water partition coefficient (Wildman–Crippen LogP) is 4.48. The Hall–Kier alpha value is -2.24. The van der Waals surface area contributed by atoms with E-state index in [4.69, 9.17) is 23.2 Å². The quantitative estimate of drug-likeness (QED) is 0.755. The average molecular weight is 434 g/mol. The van der Waals surface area contributed by atoms with Crippen LogP contribution in [-0.4, -0.2) is 49.4 Å². The van der Waals surface area contributed by atoms with E-state index in [-0.39, 0.29) is 17.9 Å². The third kappa shape index (κ3) is 5.03. The highest BCUT2D eigenvalue weighted by atomic mass is 35.5. The molecule has 0 spiro atoms. The van der Waals surface area contributed by atoms with Gasteiger partial charge in [-0.05, 0) is 50.1 Å². The van der Waals surface area contributed by atoms with Gasteiger partial charge in [-0.2, -0.15) is 0 Å². The molecular formula is C22H25Cl2N3O2. The van der Waals surface area contributed by atoms with Crippen LogP contribution in [0.1, 0.15) is 40.5 Å². The molecule has 7 heteroatoms. The number of rotatable bonds is 5. The lowest BCUT2D eigenvalue weighted by Crippen LogP contribution is -2.45. The summed E-state index contributed by atoms with van der Waals surface area (Å²) in [5.74, 6) is -0.166. The molecule has 29 heavy (non-hydrogen) atoms. The Morgan fingerprint density at radius 1 is 1.10 bits per heavy atom. The second-order valence-corrected chi connectivity index (χ2v) is 8.04. The van der Waals surface area contributed by atoms with Crippen molar-refractivity contribution >= 4 is 40.7 Å². The number of nitrogens with zero attached hydrogens (tertiary/aromatic N) is 2. The van der Waals surface area contributed by atoms with Crippen LogP contribution in [0.4, 0.5) is 5.69 Å². The van der Waals surface area contributed by atoms with E-state index in [1.54, 1.807) is 23.1 Å². The largest absolute Gasteiger partial charge is 0.371 e. The summed E-state index contributed by atoms with van der Waals surface area (Å²) in [5, 5.41) is 3.91. The number of hydrogen-bond donors (Lipinski definition) is 1. The number of benzene rings is 2. The van der Waals surface area contributed by atoms with Crippen molar-refractivity contribution in [3.8, 4) is 0 Å². The zero-order valence-electron chi connectivity index (χ0n) is 16.6. The predicted molar refractivity (Wildman–Crippen MR) is 118 cm³/mol. The van der Waals surface area contributed by atoms with Crippen LogP contribution >= 0.6 is 23.2 Å². The smallest absolute Gasteiger partial charge is 0.255 e. The average Bonchev–Trinajstić information content (AvgIpc) is 2.73. The van der Waals surface area contributed by atoms with Gasteiger partial charge in [0.25, 0.3) is 11.8 Å². The number of para-hydroxylation sites is 1. The van der Waals surface area contributed by atoms with Gasteiger partial charge in [0.2, 0.25) is 0 Å². The van der Waals surface area contributed by atoms with Crippen LogP contribution < -0.4 is 10.2 Å². The Morgan fingerprint density at radius 3 is 2.45 bits per heavy atom. The number of piperidine rings is 1. The zero-order valence-corrected chi connectivity index (χ0v) is 18.1. The molecule has 2 aromatic carbocycles. The third-order valence-electron chi connectivity index (χ3n) is 5.30. The van der Waals surface area contributed by atoms with Crippen molar-refractivity contribution in [2.75, 3.05) is 31.6 Å². The van der Waals surface area contributed by atoms with Gasteiger partial charge in [0.05, 0.1) is 16.1 Å². The first-order valence-corrected chi connectivity index (χ1v) is 10.5. The van der Waals surface area contributed by atoms with E-state index in [9.17, 15) is 9.59 Å². The number of carbonyl (C=O) groups excluding carboxylic acids is 2. The lowest BCUT2D eigenvalue weighted by molar-refractivity contribution is 0.0802. The maximum atomic E-state index is 12.7. The fourth-order valence-electron chi connectivity index (χ4n) is 3.48. The molecule has 1 saturated heterocycles. The van der Waals surface area contributed by atoms with Crippen molar-refractivity contribution in [2.24, 2.45) is 0 Å². The maximum absolute atomic E-state index is 12.7. The third-order valence-corrected chi connectivity index (χ3v) is 5.85. The molecule has 0 unspecified atom stereocenters. The monoisotopic (exact) mass is 433 g/mol. The molecule has 0 atom stereocenters. The van der Waals surface area contributed by atoms with E-state index < -0.39 is 0 Å². The van der Waals surface area contributed by atoms with E-state index in [0.717, 1.165) is 31.6 Å². The Morgan fingerprint density at radius 2 is 1.79 bits per heavy atom. The number of anilines is 1. The van der Waals surface area contributed by atoms with Crippen molar-refractivity contribution in [1.82, 2.24) is 10.2 Å². The van der Waals surface area contributed by atoms with Crippen LogP contribution in [0.3, 0.4) is 0 Å². The second-order valence-electron chi connectivity index (χ2n) is 7.20. The summed E-state index contributed by atoms with van der Waals surface area (Å²) < 4.78 is 0. The Balaban J connectivity index is 1.64. The van der Waals surface area contributed by atoms with Crippen LogP contribution in [0.5, 0.6) is 0 Å². The minimum absolute atomic E-state index is 0.0240. The Bertz CT molecular complexity index is 895.